The molecule has 30 heavy (non-hydrogen) atoms. The Morgan fingerprint density at radius 1 is 1.10 bits per heavy atom. The lowest BCUT2D eigenvalue weighted by atomic mass is 10.3. The van der Waals surface area contributed by atoms with Gasteiger partial charge in [0.1, 0.15) is 9.71 Å². The Hall–Kier alpha value is -2.98. The average molecular weight is 448 g/mol. The smallest absolute Gasteiger partial charge is 0.348 e. The molecule has 0 atom stereocenters. The highest BCUT2D eigenvalue weighted by Gasteiger charge is 2.16. The Balaban J connectivity index is 1.43. The Bertz CT molecular complexity index is 985. The number of nitrogens with zero attached hydrogens (tertiary/aromatic N) is 1. The second-order valence-electron chi connectivity index (χ2n) is 6.12. The molecule has 158 valence electrons. The van der Waals surface area contributed by atoms with Gasteiger partial charge in [0.2, 0.25) is 0 Å². The number of thiophene rings is 1. The van der Waals surface area contributed by atoms with Gasteiger partial charge in [0.05, 0.1) is 11.3 Å². The number of fused-ring (bicyclic) bond motifs is 1. The van der Waals surface area contributed by atoms with Crippen molar-refractivity contribution >= 4 is 60.9 Å². The fourth-order valence-electron chi connectivity index (χ4n) is 2.48. The Kier molecular flexibility index (Phi) is 7.75. The summed E-state index contributed by atoms with van der Waals surface area (Å²) in [6.07, 6.45) is 0.693. The highest BCUT2D eigenvalue weighted by molar-refractivity contribution is 7.29. The van der Waals surface area contributed by atoms with Gasteiger partial charge in [0.25, 0.3) is 5.91 Å². The minimum Gasteiger partial charge on any atom is -0.466 e. The fourth-order valence-corrected chi connectivity index (χ4v) is 4.51. The van der Waals surface area contributed by atoms with E-state index in [0.29, 0.717) is 24.4 Å². The van der Waals surface area contributed by atoms with Gasteiger partial charge in [-0.2, -0.15) is 0 Å². The number of rotatable bonds is 10. The van der Waals surface area contributed by atoms with Crippen LogP contribution in [-0.4, -0.2) is 42.6 Å². The van der Waals surface area contributed by atoms with Crippen LogP contribution in [0.4, 0.5) is 10.8 Å². The first-order chi connectivity index (χ1) is 14.5. The molecule has 3 aromatic rings. The number of hydrogen-bond donors (Lipinski definition) is 2. The predicted molar refractivity (Wildman–Crippen MR) is 116 cm³/mol. The lowest BCUT2D eigenvalue weighted by molar-refractivity contribution is -0.143. The van der Waals surface area contributed by atoms with Crippen molar-refractivity contribution < 1.29 is 23.9 Å². The van der Waals surface area contributed by atoms with Crippen molar-refractivity contribution in [2.75, 3.05) is 25.1 Å². The third-order valence-corrected chi connectivity index (χ3v) is 5.89. The third kappa shape index (κ3) is 6.26. The van der Waals surface area contributed by atoms with Crippen molar-refractivity contribution in [1.29, 1.82) is 0 Å². The summed E-state index contributed by atoms with van der Waals surface area (Å²) in [5.41, 5.74) is 0.937. The lowest BCUT2D eigenvalue weighted by Gasteiger charge is -2.06. The molecule has 0 aliphatic heterocycles. The summed E-state index contributed by atoms with van der Waals surface area (Å²) in [7, 11) is 0. The van der Waals surface area contributed by atoms with Crippen molar-refractivity contribution in [3.63, 3.8) is 0 Å². The Morgan fingerprint density at radius 2 is 1.90 bits per heavy atom. The maximum atomic E-state index is 12.2. The number of anilines is 2. The van der Waals surface area contributed by atoms with Crippen LogP contribution < -0.4 is 10.6 Å². The van der Waals surface area contributed by atoms with Gasteiger partial charge in [-0.05, 0) is 31.5 Å². The van der Waals surface area contributed by atoms with Crippen LogP contribution in [0, 0.1) is 0 Å². The highest BCUT2D eigenvalue weighted by atomic mass is 32.1. The van der Waals surface area contributed by atoms with Gasteiger partial charge in [-0.15, -0.1) is 11.3 Å². The molecule has 2 N–H and O–H groups in total. The van der Waals surface area contributed by atoms with Crippen LogP contribution in [0.1, 0.15) is 29.4 Å². The molecular formula is C20H21N3O5S2. The summed E-state index contributed by atoms with van der Waals surface area (Å²) in [5, 5.41) is 6.56. The number of amides is 1. The number of carbonyl (C=O) groups is 3. The quantitative estimate of drug-likeness (QED) is 0.360. The van der Waals surface area contributed by atoms with E-state index in [9.17, 15) is 14.4 Å². The van der Waals surface area contributed by atoms with Crippen LogP contribution in [0.3, 0.4) is 0 Å². The fraction of sp³-hybridized carbons (Fsp3) is 0.300. The molecule has 10 heteroatoms. The zero-order chi connectivity index (χ0) is 21.3. The normalized spacial score (nSPS) is 10.6. The van der Waals surface area contributed by atoms with Crippen molar-refractivity contribution in [2.24, 2.45) is 0 Å². The van der Waals surface area contributed by atoms with Gasteiger partial charge < -0.3 is 20.1 Å². The van der Waals surface area contributed by atoms with E-state index in [-0.39, 0.29) is 19.0 Å². The summed E-state index contributed by atoms with van der Waals surface area (Å²) < 4.78 is 10.7. The van der Waals surface area contributed by atoms with Gasteiger partial charge in [-0.1, -0.05) is 29.5 Å². The minimum absolute atomic E-state index is 0.230. The number of benzene rings is 1. The SMILES string of the molecule is CCOC(=O)CCCNC(=O)COC(=O)c1cc2sc(Nc3ccccc3)nc2s1. The lowest BCUT2D eigenvalue weighted by Crippen LogP contribution is -2.29. The van der Waals surface area contributed by atoms with E-state index >= 15 is 0 Å². The number of thiazole rings is 1. The van der Waals surface area contributed by atoms with Crippen molar-refractivity contribution in [3.05, 3.63) is 41.3 Å². The second-order valence-corrected chi connectivity index (χ2v) is 8.19. The predicted octanol–water partition coefficient (Wildman–Crippen LogP) is 3.72. The van der Waals surface area contributed by atoms with Crippen LogP contribution in [0.2, 0.25) is 0 Å². The van der Waals surface area contributed by atoms with Crippen LogP contribution >= 0.6 is 22.7 Å². The molecule has 3 rings (SSSR count). The molecule has 0 saturated carbocycles. The van der Waals surface area contributed by atoms with Gasteiger partial charge in [0, 0.05) is 18.7 Å². The van der Waals surface area contributed by atoms with Crippen LogP contribution in [-0.2, 0) is 19.1 Å². The molecule has 1 amide bonds. The minimum atomic E-state index is -0.565. The molecule has 0 bridgehead atoms. The van der Waals surface area contributed by atoms with Gasteiger partial charge in [0.15, 0.2) is 11.7 Å². The molecule has 0 spiro atoms. The Labute approximate surface area is 181 Å². The molecular weight excluding hydrogens is 426 g/mol. The molecule has 2 aromatic heterocycles. The average Bonchev–Trinajstić information content (AvgIpc) is 3.29. The topological polar surface area (TPSA) is 107 Å². The highest BCUT2D eigenvalue weighted by Crippen LogP contribution is 2.34. The third-order valence-electron chi connectivity index (χ3n) is 3.84. The molecule has 0 fully saturated rings. The standard InChI is InChI=1S/C20H21N3O5S2/c1-2-27-17(25)9-6-10-21-16(24)12-28-19(26)15-11-14-18(29-15)23-20(30-14)22-13-7-4-3-5-8-13/h3-5,7-8,11H,2,6,9-10,12H2,1H3,(H,21,24)(H,22,23). The van der Waals surface area contributed by atoms with Crippen molar-refractivity contribution in [3.8, 4) is 0 Å². The first-order valence-corrected chi connectivity index (χ1v) is 11.0. The molecule has 0 aliphatic carbocycles. The summed E-state index contributed by atoms with van der Waals surface area (Å²) in [6.45, 7) is 2.01. The van der Waals surface area contributed by atoms with E-state index in [1.165, 1.54) is 22.7 Å². The monoisotopic (exact) mass is 447 g/mol. The number of carbonyl (C=O) groups excluding carboxylic acids is 3. The van der Waals surface area contributed by atoms with E-state index in [4.69, 9.17) is 9.47 Å². The van der Waals surface area contributed by atoms with E-state index in [0.717, 1.165) is 20.3 Å². The molecule has 0 unspecified atom stereocenters. The van der Waals surface area contributed by atoms with E-state index in [2.05, 4.69) is 15.6 Å². The number of para-hydroxylation sites is 1. The zero-order valence-corrected chi connectivity index (χ0v) is 17.9. The summed E-state index contributed by atoms with van der Waals surface area (Å²) >= 11 is 2.66. The number of aromatic nitrogens is 1. The van der Waals surface area contributed by atoms with Gasteiger partial charge >= 0.3 is 11.9 Å². The molecule has 0 aliphatic rings. The zero-order valence-electron chi connectivity index (χ0n) is 16.3. The van der Waals surface area contributed by atoms with Crippen molar-refractivity contribution in [2.45, 2.75) is 19.8 Å². The first kappa shape index (κ1) is 21.7. The van der Waals surface area contributed by atoms with Gasteiger partial charge in [-0.25, -0.2) is 9.78 Å². The number of ether oxygens (including phenoxy) is 2. The first-order valence-electron chi connectivity index (χ1n) is 9.37. The van der Waals surface area contributed by atoms with Crippen molar-refractivity contribution in [1.82, 2.24) is 10.3 Å². The summed E-state index contributed by atoms with van der Waals surface area (Å²) in [5.74, 6) is -1.28. The molecule has 0 radical (unpaired) electrons. The largest absolute Gasteiger partial charge is 0.466 e. The summed E-state index contributed by atoms with van der Waals surface area (Å²) in [4.78, 5) is 40.8. The number of hydrogen-bond acceptors (Lipinski definition) is 9. The molecule has 2 heterocycles. The van der Waals surface area contributed by atoms with Gasteiger partial charge in [-0.3, -0.25) is 9.59 Å². The maximum Gasteiger partial charge on any atom is 0.348 e. The molecule has 1 aromatic carbocycles. The maximum absolute atomic E-state index is 12.2. The second kappa shape index (κ2) is 10.7. The summed E-state index contributed by atoms with van der Waals surface area (Å²) in [6, 6.07) is 11.4. The number of esters is 2. The Morgan fingerprint density at radius 3 is 2.63 bits per heavy atom. The van der Waals surface area contributed by atoms with E-state index in [1.54, 1.807) is 13.0 Å². The van der Waals surface area contributed by atoms with Crippen LogP contribution in [0.25, 0.3) is 9.53 Å². The van der Waals surface area contributed by atoms with E-state index in [1.807, 2.05) is 30.3 Å². The van der Waals surface area contributed by atoms with Crippen LogP contribution in [0.15, 0.2) is 36.4 Å². The molecule has 8 nitrogen and oxygen atoms in total. The molecule has 0 saturated heterocycles. The van der Waals surface area contributed by atoms with Crippen LogP contribution in [0.5, 0.6) is 0 Å². The number of nitrogens with one attached hydrogen (secondary N) is 2. The van der Waals surface area contributed by atoms with E-state index < -0.39 is 11.9 Å².